The molecular weight excluding hydrogens is 431 g/mol. The van der Waals surface area contributed by atoms with Crippen molar-refractivity contribution in [3.05, 3.63) is 35.4 Å². The van der Waals surface area contributed by atoms with Crippen LogP contribution in [0.2, 0.25) is 0 Å². The Labute approximate surface area is 180 Å². The minimum absolute atomic E-state index is 0.197. The lowest BCUT2D eigenvalue weighted by molar-refractivity contribution is -0.137. The quantitative estimate of drug-likeness (QED) is 0.625. The predicted molar refractivity (Wildman–Crippen MR) is 117 cm³/mol. The molecule has 1 fully saturated rings. The Hall–Kier alpha value is -2.40. The van der Waals surface area contributed by atoms with Gasteiger partial charge in [0.05, 0.1) is 23.2 Å². The molecule has 1 aliphatic rings. The van der Waals surface area contributed by atoms with Crippen molar-refractivity contribution in [2.45, 2.75) is 45.8 Å². The molecule has 2 aromatic rings. The highest BCUT2D eigenvalue weighted by molar-refractivity contribution is 7.92. The lowest BCUT2D eigenvalue weighted by Gasteiger charge is -2.24. The van der Waals surface area contributed by atoms with E-state index in [9.17, 15) is 21.6 Å². The van der Waals surface area contributed by atoms with Gasteiger partial charge in [-0.15, -0.1) is 10.2 Å². The smallest absolute Gasteiger partial charge is 0.365 e. The molecule has 1 atom stereocenters. The summed E-state index contributed by atoms with van der Waals surface area (Å²) >= 11 is 0. The molecule has 1 aliphatic heterocycles. The highest BCUT2D eigenvalue weighted by Gasteiger charge is 2.31. The van der Waals surface area contributed by atoms with Gasteiger partial charge in [-0.25, -0.2) is 8.42 Å². The van der Waals surface area contributed by atoms with Gasteiger partial charge in [0.2, 0.25) is 10.0 Å². The van der Waals surface area contributed by atoms with E-state index in [4.69, 9.17) is 0 Å². The zero-order valence-electron chi connectivity index (χ0n) is 18.0. The van der Waals surface area contributed by atoms with E-state index < -0.39 is 21.8 Å². The van der Waals surface area contributed by atoms with E-state index in [0.29, 0.717) is 17.1 Å². The van der Waals surface area contributed by atoms with E-state index in [-0.39, 0.29) is 17.3 Å². The van der Waals surface area contributed by atoms with Crippen LogP contribution in [0, 0.1) is 6.92 Å². The number of halogens is 3. The summed E-state index contributed by atoms with van der Waals surface area (Å²) in [4.78, 5) is 0. The lowest BCUT2D eigenvalue weighted by Crippen LogP contribution is -2.38. The van der Waals surface area contributed by atoms with E-state index in [1.54, 1.807) is 13.0 Å². The Morgan fingerprint density at radius 2 is 1.87 bits per heavy atom. The third-order valence-electron chi connectivity index (χ3n) is 4.53. The molecule has 0 aliphatic carbocycles. The van der Waals surface area contributed by atoms with Gasteiger partial charge >= 0.3 is 6.18 Å². The summed E-state index contributed by atoms with van der Waals surface area (Å²) in [6.07, 6.45) is -1.68. The summed E-state index contributed by atoms with van der Waals surface area (Å²) in [5.41, 5.74) is 0.0251. The highest BCUT2D eigenvalue weighted by Crippen LogP contribution is 2.36. The van der Waals surface area contributed by atoms with Crippen LogP contribution in [0.15, 0.2) is 24.3 Å². The van der Waals surface area contributed by atoms with Crippen molar-refractivity contribution in [3.63, 3.8) is 0 Å². The molecule has 0 saturated carbocycles. The van der Waals surface area contributed by atoms with Crippen LogP contribution in [0.1, 0.15) is 37.8 Å². The second kappa shape index (κ2) is 10.3. The van der Waals surface area contributed by atoms with E-state index in [2.05, 4.69) is 25.6 Å². The number of hydrogen-bond acceptors (Lipinski definition) is 6. The fraction of sp³-hybridized carbons (Fsp3) is 0.500. The summed E-state index contributed by atoms with van der Waals surface area (Å²) in [6, 6.07) is 4.82. The molecule has 11 heteroatoms. The van der Waals surface area contributed by atoms with E-state index in [1.807, 2.05) is 13.8 Å². The van der Waals surface area contributed by atoms with Crippen LogP contribution in [0.3, 0.4) is 0 Å². The molecule has 31 heavy (non-hydrogen) atoms. The number of alkyl halides is 3. The van der Waals surface area contributed by atoms with Gasteiger partial charge in [0.25, 0.3) is 0 Å². The van der Waals surface area contributed by atoms with Gasteiger partial charge in [-0.1, -0.05) is 19.9 Å². The Balaban J connectivity index is 0.00000166. The number of nitrogens with one attached hydrogen (secondary N) is 3. The van der Waals surface area contributed by atoms with Gasteiger partial charge < -0.3 is 10.6 Å². The SMILES string of the molecule is CC.Cc1cc(N[C@@H]2CCCNC2)nnc1-c1ccc(C(F)(F)F)cc1NS(C)(=O)=O. The van der Waals surface area contributed by atoms with Crippen LogP contribution >= 0.6 is 0 Å². The van der Waals surface area contributed by atoms with Crippen LogP contribution in [0.25, 0.3) is 11.3 Å². The first-order valence-corrected chi connectivity index (χ1v) is 11.9. The van der Waals surface area contributed by atoms with Crippen LogP contribution in [0.5, 0.6) is 0 Å². The first-order valence-electron chi connectivity index (χ1n) is 10.0. The first kappa shape index (κ1) is 24.9. The van der Waals surface area contributed by atoms with Gasteiger partial charge in [-0.3, -0.25) is 4.72 Å². The number of piperidine rings is 1. The summed E-state index contributed by atoms with van der Waals surface area (Å²) in [7, 11) is -3.79. The van der Waals surface area contributed by atoms with Crippen molar-refractivity contribution in [3.8, 4) is 11.3 Å². The molecule has 0 unspecified atom stereocenters. The summed E-state index contributed by atoms with van der Waals surface area (Å²) < 4.78 is 64.7. The third-order valence-corrected chi connectivity index (χ3v) is 5.12. The summed E-state index contributed by atoms with van der Waals surface area (Å²) in [6.45, 7) is 7.53. The van der Waals surface area contributed by atoms with Crippen LogP contribution in [0.4, 0.5) is 24.7 Å². The molecule has 0 amide bonds. The second-order valence-electron chi connectivity index (χ2n) is 7.08. The van der Waals surface area contributed by atoms with Crippen LogP contribution in [-0.4, -0.2) is 44.0 Å². The molecule has 3 rings (SSSR count). The number of benzene rings is 1. The Morgan fingerprint density at radius 1 is 1.16 bits per heavy atom. The summed E-state index contributed by atoms with van der Waals surface area (Å²) in [5, 5.41) is 14.8. The number of hydrogen-bond donors (Lipinski definition) is 3. The van der Waals surface area contributed by atoms with E-state index >= 15 is 0 Å². The van der Waals surface area contributed by atoms with Gasteiger partial charge in [-0.05, 0) is 50.1 Å². The third kappa shape index (κ3) is 7.06. The second-order valence-corrected chi connectivity index (χ2v) is 8.83. The number of aryl methyl sites for hydroxylation is 1. The van der Waals surface area contributed by atoms with Gasteiger partial charge in [-0.2, -0.15) is 13.2 Å². The van der Waals surface area contributed by atoms with Crippen molar-refractivity contribution >= 4 is 21.5 Å². The topological polar surface area (TPSA) is 96.0 Å². The number of aromatic nitrogens is 2. The minimum Gasteiger partial charge on any atom is -0.365 e. The maximum Gasteiger partial charge on any atom is 0.416 e. The Bertz CT molecular complexity index is 991. The maximum atomic E-state index is 13.1. The molecule has 1 saturated heterocycles. The monoisotopic (exact) mass is 459 g/mol. The zero-order chi connectivity index (χ0) is 23.2. The van der Waals surface area contributed by atoms with Crippen molar-refractivity contribution in [1.82, 2.24) is 15.5 Å². The van der Waals surface area contributed by atoms with Crippen LogP contribution in [-0.2, 0) is 16.2 Å². The summed E-state index contributed by atoms with van der Waals surface area (Å²) in [5.74, 6) is 0.560. The highest BCUT2D eigenvalue weighted by atomic mass is 32.2. The van der Waals surface area contributed by atoms with E-state index in [0.717, 1.165) is 44.3 Å². The molecular formula is C20H28F3N5O2S. The number of rotatable bonds is 5. The number of sulfonamides is 1. The molecule has 1 aromatic heterocycles. The average Bonchev–Trinajstić information content (AvgIpc) is 2.69. The van der Waals surface area contributed by atoms with Crippen molar-refractivity contribution < 1.29 is 21.6 Å². The average molecular weight is 460 g/mol. The van der Waals surface area contributed by atoms with Crippen molar-refractivity contribution in [2.75, 3.05) is 29.4 Å². The normalized spacial score (nSPS) is 16.8. The van der Waals surface area contributed by atoms with Gasteiger partial charge in [0, 0.05) is 18.2 Å². The van der Waals surface area contributed by atoms with Crippen molar-refractivity contribution in [1.29, 1.82) is 0 Å². The van der Waals surface area contributed by atoms with Crippen molar-refractivity contribution in [2.24, 2.45) is 0 Å². The predicted octanol–water partition coefficient (Wildman–Crippen LogP) is 4.03. The molecule has 0 bridgehead atoms. The molecule has 2 heterocycles. The molecule has 3 N–H and O–H groups in total. The van der Waals surface area contributed by atoms with Gasteiger partial charge in [0.1, 0.15) is 5.82 Å². The van der Waals surface area contributed by atoms with Crippen LogP contribution < -0.4 is 15.4 Å². The first-order chi connectivity index (χ1) is 14.5. The molecule has 0 spiro atoms. The lowest BCUT2D eigenvalue weighted by atomic mass is 10.0. The largest absolute Gasteiger partial charge is 0.416 e. The fourth-order valence-electron chi connectivity index (χ4n) is 3.22. The molecule has 0 radical (unpaired) electrons. The van der Waals surface area contributed by atoms with E-state index in [1.165, 1.54) is 6.07 Å². The van der Waals surface area contributed by atoms with Gasteiger partial charge in [0.15, 0.2) is 0 Å². The minimum atomic E-state index is -4.60. The molecule has 7 nitrogen and oxygen atoms in total. The number of anilines is 2. The standard InChI is InChI=1S/C18H22F3N5O2S.C2H6/c1-11-8-16(23-13-4-3-7-22-10-13)24-25-17(11)14-6-5-12(18(19,20)21)9-15(14)26-29(2,27)28;1-2/h5-6,8-9,13,22,26H,3-4,7,10H2,1-2H3,(H,23,24);1-2H3/t13-;/m1./s1. The fourth-order valence-corrected chi connectivity index (χ4v) is 3.79. The number of nitrogens with zero attached hydrogens (tertiary/aromatic N) is 2. The Kier molecular flexibility index (Phi) is 8.24. The Morgan fingerprint density at radius 3 is 2.42 bits per heavy atom. The zero-order valence-corrected chi connectivity index (χ0v) is 18.8. The molecule has 1 aromatic carbocycles. The maximum absolute atomic E-state index is 13.1. The molecule has 172 valence electrons.